The molecule has 3 rings (SSSR count). The van der Waals surface area contributed by atoms with E-state index in [1.807, 2.05) is 0 Å². The van der Waals surface area contributed by atoms with E-state index in [1.54, 1.807) is 25.1 Å². The molecule has 2 N–H and O–H groups in total. The maximum absolute atomic E-state index is 12.2. The molecular weight excluding hydrogens is 360 g/mol. The lowest BCUT2D eigenvalue weighted by molar-refractivity contribution is -0.146. The number of amides is 2. The zero-order chi connectivity index (χ0) is 18.5. The quantitative estimate of drug-likeness (QED) is 0.733. The Balaban J connectivity index is 1.52. The van der Waals surface area contributed by atoms with Crippen molar-refractivity contribution >= 4 is 35.2 Å². The molecule has 0 aromatic heterocycles. The fraction of sp³-hybridized carbons (Fsp3) is 0.471. The Morgan fingerprint density at radius 2 is 2.08 bits per heavy atom. The van der Waals surface area contributed by atoms with Crippen LogP contribution in [0.2, 0.25) is 0 Å². The van der Waals surface area contributed by atoms with Crippen molar-refractivity contribution in [3.63, 3.8) is 0 Å². The van der Waals surface area contributed by atoms with E-state index in [2.05, 4.69) is 10.6 Å². The van der Waals surface area contributed by atoms with Gasteiger partial charge in [-0.1, -0.05) is 0 Å². The standard InChI is InChI=1S/C17H20N2O6S/c1-2-23-17(22)11-9-26-14(16(21)19-11)8-15(20)18-10-3-4-12-13(7-10)25-6-5-24-12/h3-4,7,11,14H,2,5-6,8-9H2,1H3,(H,18,20)(H,19,21)/t11-,14+/m1/s1. The number of hydrogen-bond acceptors (Lipinski definition) is 7. The van der Waals surface area contributed by atoms with Gasteiger partial charge in [0.15, 0.2) is 11.5 Å². The summed E-state index contributed by atoms with van der Waals surface area (Å²) in [7, 11) is 0. The van der Waals surface area contributed by atoms with E-state index in [1.165, 1.54) is 11.8 Å². The van der Waals surface area contributed by atoms with Crippen LogP contribution in [0.25, 0.3) is 0 Å². The van der Waals surface area contributed by atoms with Gasteiger partial charge in [-0.2, -0.15) is 0 Å². The first kappa shape index (κ1) is 18.4. The summed E-state index contributed by atoms with van der Waals surface area (Å²) in [5.41, 5.74) is 0.574. The number of hydrogen-bond donors (Lipinski definition) is 2. The number of carbonyl (C=O) groups excluding carboxylic acids is 3. The second kappa shape index (κ2) is 8.31. The summed E-state index contributed by atoms with van der Waals surface area (Å²) in [5.74, 6) is 0.526. The maximum atomic E-state index is 12.2. The van der Waals surface area contributed by atoms with E-state index < -0.39 is 17.3 Å². The largest absolute Gasteiger partial charge is 0.486 e. The SMILES string of the molecule is CCOC(=O)[C@H]1CS[C@@H](CC(=O)Nc2ccc3c(c2)OCCO3)C(=O)N1. The van der Waals surface area contributed by atoms with Crippen LogP contribution < -0.4 is 20.1 Å². The Morgan fingerprint density at radius 3 is 2.81 bits per heavy atom. The van der Waals surface area contributed by atoms with Crippen LogP contribution >= 0.6 is 11.8 Å². The lowest BCUT2D eigenvalue weighted by atomic mass is 10.2. The van der Waals surface area contributed by atoms with Crippen molar-refractivity contribution in [2.45, 2.75) is 24.6 Å². The molecule has 2 heterocycles. The average molecular weight is 380 g/mol. The smallest absolute Gasteiger partial charge is 0.329 e. The minimum absolute atomic E-state index is 0.0144. The highest BCUT2D eigenvalue weighted by molar-refractivity contribution is 8.00. The zero-order valence-electron chi connectivity index (χ0n) is 14.3. The molecule has 26 heavy (non-hydrogen) atoms. The molecule has 0 spiro atoms. The van der Waals surface area contributed by atoms with Gasteiger partial charge in [-0.15, -0.1) is 11.8 Å². The van der Waals surface area contributed by atoms with Crippen LogP contribution in [0.5, 0.6) is 11.5 Å². The van der Waals surface area contributed by atoms with Gasteiger partial charge in [0.1, 0.15) is 19.3 Å². The molecule has 2 atom stereocenters. The highest BCUT2D eigenvalue weighted by atomic mass is 32.2. The molecule has 1 fully saturated rings. The number of carbonyl (C=O) groups is 3. The second-order valence-electron chi connectivity index (χ2n) is 5.75. The molecule has 1 aromatic rings. The van der Waals surface area contributed by atoms with Gasteiger partial charge in [0, 0.05) is 23.9 Å². The number of esters is 1. The minimum atomic E-state index is -0.662. The lowest BCUT2D eigenvalue weighted by Gasteiger charge is -2.27. The van der Waals surface area contributed by atoms with Crippen LogP contribution in [0.4, 0.5) is 5.69 Å². The molecule has 2 aliphatic rings. The molecule has 140 valence electrons. The first-order valence-electron chi connectivity index (χ1n) is 8.35. The monoisotopic (exact) mass is 380 g/mol. The van der Waals surface area contributed by atoms with Crippen molar-refractivity contribution in [3.05, 3.63) is 18.2 Å². The third-order valence-electron chi connectivity index (χ3n) is 3.84. The number of rotatable bonds is 5. The Bertz CT molecular complexity index is 710. The minimum Gasteiger partial charge on any atom is -0.486 e. The van der Waals surface area contributed by atoms with Crippen molar-refractivity contribution in [1.82, 2.24) is 5.32 Å². The van der Waals surface area contributed by atoms with Crippen molar-refractivity contribution in [1.29, 1.82) is 0 Å². The highest BCUT2D eigenvalue weighted by Crippen LogP contribution is 2.32. The topological polar surface area (TPSA) is 103 Å². The molecule has 0 bridgehead atoms. The van der Waals surface area contributed by atoms with Gasteiger partial charge in [-0.3, -0.25) is 9.59 Å². The first-order chi connectivity index (χ1) is 12.6. The molecule has 2 aliphatic heterocycles. The van der Waals surface area contributed by atoms with Crippen LogP contribution in [-0.2, 0) is 19.1 Å². The maximum Gasteiger partial charge on any atom is 0.329 e. The van der Waals surface area contributed by atoms with Crippen molar-refractivity contribution in [2.24, 2.45) is 0 Å². The number of anilines is 1. The van der Waals surface area contributed by atoms with Gasteiger partial charge in [0.2, 0.25) is 11.8 Å². The third-order valence-corrected chi connectivity index (χ3v) is 5.15. The normalized spacial score (nSPS) is 21.5. The van der Waals surface area contributed by atoms with Crippen LogP contribution in [0.3, 0.4) is 0 Å². The van der Waals surface area contributed by atoms with Crippen molar-refractivity contribution < 1.29 is 28.6 Å². The number of benzene rings is 1. The first-order valence-corrected chi connectivity index (χ1v) is 9.40. The third kappa shape index (κ3) is 4.40. The van der Waals surface area contributed by atoms with Gasteiger partial charge >= 0.3 is 5.97 Å². The summed E-state index contributed by atoms with van der Waals surface area (Å²) in [4.78, 5) is 36.1. The molecule has 0 unspecified atom stereocenters. The molecular formula is C17H20N2O6S. The molecule has 0 radical (unpaired) electrons. The van der Waals surface area contributed by atoms with Crippen LogP contribution in [-0.4, -0.2) is 54.6 Å². The number of fused-ring (bicyclic) bond motifs is 1. The summed E-state index contributed by atoms with van der Waals surface area (Å²) < 4.78 is 15.8. The van der Waals surface area contributed by atoms with Gasteiger partial charge < -0.3 is 24.8 Å². The van der Waals surface area contributed by atoms with Gasteiger partial charge in [0.25, 0.3) is 0 Å². The number of thioether (sulfide) groups is 1. The molecule has 2 amide bonds. The fourth-order valence-corrected chi connectivity index (χ4v) is 3.75. The summed E-state index contributed by atoms with van der Waals surface area (Å²) >= 11 is 1.28. The predicted octanol–water partition coefficient (Wildman–Crippen LogP) is 0.950. The molecule has 0 saturated carbocycles. The lowest BCUT2D eigenvalue weighted by Crippen LogP contribution is -2.51. The van der Waals surface area contributed by atoms with Gasteiger partial charge in [-0.25, -0.2) is 4.79 Å². The van der Waals surface area contributed by atoms with E-state index in [0.29, 0.717) is 36.2 Å². The summed E-state index contributed by atoms with van der Waals surface area (Å²) in [5, 5.41) is 4.82. The van der Waals surface area contributed by atoms with Gasteiger partial charge in [0.05, 0.1) is 11.9 Å². The zero-order valence-corrected chi connectivity index (χ0v) is 15.1. The highest BCUT2D eigenvalue weighted by Gasteiger charge is 2.34. The van der Waals surface area contributed by atoms with E-state index in [-0.39, 0.29) is 24.8 Å². The van der Waals surface area contributed by atoms with Crippen molar-refractivity contribution in [3.8, 4) is 11.5 Å². The van der Waals surface area contributed by atoms with Crippen LogP contribution in [0.15, 0.2) is 18.2 Å². The van der Waals surface area contributed by atoms with Gasteiger partial charge in [-0.05, 0) is 19.1 Å². The summed E-state index contributed by atoms with van der Waals surface area (Å²) in [6.07, 6.45) is 0.0144. The Labute approximate surface area is 154 Å². The Hall–Kier alpha value is -2.42. The molecule has 1 aromatic carbocycles. The Kier molecular flexibility index (Phi) is 5.87. The summed E-state index contributed by atoms with van der Waals surface area (Å²) in [6.45, 7) is 2.93. The number of ether oxygens (including phenoxy) is 3. The van der Waals surface area contributed by atoms with Crippen LogP contribution in [0.1, 0.15) is 13.3 Å². The molecule has 0 aliphatic carbocycles. The second-order valence-corrected chi connectivity index (χ2v) is 6.98. The van der Waals surface area contributed by atoms with Crippen molar-refractivity contribution in [2.75, 3.05) is 30.9 Å². The molecule has 1 saturated heterocycles. The fourth-order valence-electron chi connectivity index (χ4n) is 2.62. The Morgan fingerprint density at radius 1 is 1.31 bits per heavy atom. The predicted molar refractivity (Wildman–Crippen MR) is 95.5 cm³/mol. The van der Waals surface area contributed by atoms with Crippen LogP contribution in [0, 0.1) is 0 Å². The van der Waals surface area contributed by atoms with E-state index in [9.17, 15) is 14.4 Å². The van der Waals surface area contributed by atoms with E-state index in [4.69, 9.17) is 14.2 Å². The summed E-state index contributed by atoms with van der Waals surface area (Å²) in [6, 6.07) is 4.48. The van der Waals surface area contributed by atoms with E-state index in [0.717, 1.165) is 0 Å². The van der Waals surface area contributed by atoms with E-state index >= 15 is 0 Å². The molecule has 9 heteroatoms. The molecule has 8 nitrogen and oxygen atoms in total. The average Bonchev–Trinajstić information content (AvgIpc) is 2.63. The number of nitrogens with one attached hydrogen (secondary N) is 2.